The minimum atomic E-state index is -0.632. The van der Waals surface area contributed by atoms with Crippen LogP contribution in [0.25, 0.3) is 6.08 Å². The van der Waals surface area contributed by atoms with Crippen molar-refractivity contribution in [3.63, 3.8) is 0 Å². The largest absolute Gasteiger partial charge is 0.543 e. The van der Waals surface area contributed by atoms with Crippen LogP contribution < -0.4 is 4.43 Å². The van der Waals surface area contributed by atoms with Crippen molar-refractivity contribution in [1.82, 2.24) is 0 Å². The molecule has 1 rings (SSSR count). The highest BCUT2D eigenvalue weighted by Gasteiger charge is 1.98. The molecule has 0 heterocycles. The fraction of sp³-hybridized carbons (Fsp3) is 0.200. The summed E-state index contributed by atoms with van der Waals surface area (Å²) in [5.41, 5.74) is 1.13. The summed E-state index contributed by atoms with van der Waals surface area (Å²) in [4.78, 5) is 0. The zero-order valence-corrected chi connectivity index (χ0v) is 8.50. The molecule has 0 aliphatic rings. The molecular weight excluding hydrogens is 164 g/mol. The quantitative estimate of drug-likeness (QED) is 0.645. The molecular formula is C10H13OSi. The summed E-state index contributed by atoms with van der Waals surface area (Å²) in [7, 11) is -0.632. The summed E-state index contributed by atoms with van der Waals surface area (Å²) in [5, 5.41) is 0. The number of benzene rings is 1. The second kappa shape index (κ2) is 4.12. The fourth-order valence-corrected chi connectivity index (χ4v) is 1.52. The highest BCUT2D eigenvalue weighted by molar-refractivity contribution is 6.49. The molecule has 1 aromatic rings. The molecule has 0 unspecified atom stereocenters. The van der Waals surface area contributed by atoms with E-state index in [1.54, 1.807) is 0 Å². The van der Waals surface area contributed by atoms with Gasteiger partial charge in [-0.25, -0.2) is 0 Å². The van der Waals surface area contributed by atoms with Crippen LogP contribution in [0.5, 0.6) is 5.75 Å². The van der Waals surface area contributed by atoms with Gasteiger partial charge in [-0.15, -0.1) is 0 Å². The van der Waals surface area contributed by atoms with Gasteiger partial charge in [0.05, 0.1) is 0 Å². The van der Waals surface area contributed by atoms with Gasteiger partial charge in [-0.05, 0) is 30.8 Å². The van der Waals surface area contributed by atoms with E-state index in [4.69, 9.17) is 4.43 Å². The third-order valence-electron chi connectivity index (χ3n) is 1.44. The van der Waals surface area contributed by atoms with Gasteiger partial charge in [0.15, 0.2) is 0 Å². The summed E-state index contributed by atoms with van der Waals surface area (Å²) >= 11 is 0. The molecule has 0 fully saturated rings. The maximum Gasteiger partial charge on any atom is 0.274 e. The first kappa shape index (κ1) is 9.07. The van der Waals surface area contributed by atoms with E-state index < -0.39 is 9.04 Å². The third kappa shape index (κ3) is 2.55. The Labute approximate surface area is 75.4 Å². The molecule has 1 aromatic carbocycles. The van der Waals surface area contributed by atoms with Crippen LogP contribution in [0.2, 0.25) is 13.1 Å². The van der Waals surface area contributed by atoms with E-state index in [0.717, 1.165) is 11.3 Å². The van der Waals surface area contributed by atoms with E-state index in [1.807, 2.05) is 30.3 Å². The van der Waals surface area contributed by atoms with Crippen molar-refractivity contribution in [2.75, 3.05) is 0 Å². The smallest absolute Gasteiger partial charge is 0.274 e. The molecule has 1 nitrogen and oxygen atoms in total. The Morgan fingerprint density at radius 1 is 1.25 bits per heavy atom. The van der Waals surface area contributed by atoms with Gasteiger partial charge in [0.1, 0.15) is 5.75 Å². The Balaban J connectivity index is 2.71. The summed E-state index contributed by atoms with van der Waals surface area (Å²) in [6.07, 6.45) is 1.83. The highest BCUT2D eigenvalue weighted by atomic mass is 28.3. The lowest BCUT2D eigenvalue weighted by Gasteiger charge is -2.07. The lowest BCUT2D eigenvalue weighted by Crippen LogP contribution is -2.10. The first-order chi connectivity index (χ1) is 5.72. The third-order valence-corrected chi connectivity index (χ3v) is 2.08. The van der Waals surface area contributed by atoms with Gasteiger partial charge in [0.2, 0.25) is 0 Å². The Morgan fingerprint density at radius 3 is 2.25 bits per heavy atom. The Hall–Kier alpha value is -1.02. The molecule has 0 aromatic heterocycles. The summed E-state index contributed by atoms with van der Waals surface area (Å²) in [5.74, 6) is 0.958. The van der Waals surface area contributed by atoms with Crippen molar-refractivity contribution >= 4 is 15.1 Å². The molecule has 0 saturated heterocycles. The lowest BCUT2D eigenvalue weighted by molar-refractivity contribution is 0.581. The molecule has 0 spiro atoms. The normalized spacial score (nSPS) is 9.92. The molecule has 0 bridgehead atoms. The molecule has 0 aliphatic carbocycles. The van der Waals surface area contributed by atoms with Crippen LogP contribution >= 0.6 is 0 Å². The monoisotopic (exact) mass is 177 g/mol. The molecule has 0 amide bonds. The predicted octanol–water partition coefficient (Wildman–Crippen LogP) is 2.96. The van der Waals surface area contributed by atoms with E-state index in [2.05, 4.69) is 19.7 Å². The number of rotatable bonds is 3. The molecule has 12 heavy (non-hydrogen) atoms. The van der Waals surface area contributed by atoms with Crippen molar-refractivity contribution in [3.05, 3.63) is 36.4 Å². The molecule has 0 saturated carbocycles. The molecule has 1 radical (unpaired) electrons. The number of hydrogen-bond donors (Lipinski definition) is 0. The Kier molecular flexibility index (Phi) is 3.11. The van der Waals surface area contributed by atoms with Crippen LogP contribution in [-0.2, 0) is 0 Å². The second-order valence-corrected chi connectivity index (χ2v) is 4.80. The standard InChI is InChI=1S/C10H13OSi/c1-4-9-5-7-10(8-6-9)11-12(2)3/h4-8H,1H2,2-3H3. The van der Waals surface area contributed by atoms with E-state index in [1.165, 1.54) is 0 Å². The average molecular weight is 177 g/mol. The predicted molar refractivity (Wildman–Crippen MR) is 54.6 cm³/mol. The van der Waals surface area contributed by atoms with Gasteiger partial charge in [0, 0.05) is 0 Å². The van der Waals surface area contributed by atoms with E-state index in [0.29, 0.717) is 0 Å². The van der Waals surface area contributed by atoms with Crippen molar-refractivity contribution in [2.45, 2.75) is 13.1 Å². The number of hydrogen-bond acceptors (Lipinski definition) is 1. The maximum atomic E-state index is 5.58. The van der Waals surface area contributed by atoms with Gasteiger partial charge in [0.25, 0.3) is 9.04 Å². The fourth-order valence-electron chi connectivity index (χ4n) is 0.908. The lowest BCUT2D eigenvalue weighted by atomic mass is 10.2. The summed E-state index contributed by atoms with van der Waals surface area (Å²) < 4.78 is 5.58. The minimum absolute atomic E-state index is 0.632. The van der Waals surface area contributed by atoms with E-state index >= 15 is 0 Å². The first-order valence-electron chi connectivity index (χ1n) is 3.93. The van der Waals surface area contributed by atoms with Gasteiger partial charge in [-0.2, -0.15) is 0 Å². The maximum absolute atomic E-state index is 5.58. The van der Waals surface area contributed by atoms with Crippen molar-refractivity contribution in [1.29, 1.82) is 0 Å². The molecule has 63 valence electrons. The summed E-state index contributed by atoms with van der Waals surface area (Å²) in [6, 6.07) is 7.98. The van der Waals surface area contributed by atoms with Crippen molar-refractivity contribution in [2.24, 2.45) is 0 Å². The molecule has 0 atom stereocenters. The van der Waals surface area contributed by atoms with Gasteiger partial charge >= 0.3 is 0 Å². The summed E-state index contributed by atoms with van der Waals surface area (Å²) in [6.45, 7) is 7.92. The van der Waals surface area contributed by atoms with Gasteiger partial charge < -0.3 is 4.43 Å². The molecule has 2 heteroatoms. The molecule has 0 N–H and O–H groups in total. The Morgan fingerprint density at radius 2 is 1.83 bits per heavy atom. The average Bonchev–Trinajstić information content (AvgIpc) is 2.05. The van der Waals surface area contributed by atoms with Crippen molar-refractivity contribution in [3.8, 4) is 5.75 Å². The SMILES string of the molecule is C=Cc1ccc(O[Si](C)C)cc1. The van der Waals surface area contributed by atoms with Crippen molar-refractivity contribution < 1.29 is 4.43 Å². The highest BCUT2D eigenvalue weighted by Crippen LogP contribution is 2.13. The van der Waals surface area contributed by atoms with Crippen LogP contribution in [0, 0.1) is 0 Å². The van der Waals surface area contributed by atoms with Crippen LogP contribution in [-0.4, -0.2) is 9.04 Å². The zero-order valence-electron chi connectivity index (χ0n) is 7.50. The second-order valence-electron chi connectivity index (χ2n) is 2.78. The van der Waals surface area contributed by atoms with Gasteiger partial charge in [-0.3, -0.25) is 0 Å². The molecule has 0 aliphatic heterocycles. The van der Waals surface area contributed by atoms with Crippen LogP contribution in [0.3, 0.4) is 0 Å². The van der Waals surface area contributed by atoms with Gasteiger partial charge in [-0.1, -0.05) is 24.8 Å². The minimum Gasteiger partial charge on any atom is -0.543 e. The topological polar surface area (TPSA) is 9.23 Å². The first-order valence-corrected chi connectivity index (χ1v) is 6.33. The zero-order chi connectivity index (χ0) is 8.97. The Bertz CT molecular complexity index is 251. The van der Waals surface area contributed by atoms with Crippen LogP contribution in [0.4, 0.5) is 0 Å². The van der Waals surface area contributed by atoms with E-state index in [9.17, 15) is 0 Å². The van der Waals surface area contributed by atoms with Crippen LogP contribution in [0.1, 0.15) is 5.56 Å². The van der Waals surface area contributed by atoms with Crippen LogP contribution in [0.15, 0.2) is 30.8 Å². The van der Waals surface area contributed by atoms with E-state index in [-0.39, 0.29) is 0 Å².